The number of hydrogen-bond acceptors (Lipinski definition) is 6. The summed E-state index contributed by atoms with van der Waals surface area (Å²) >= 11 is 1.42. The zero-order valence-electron chi connectivity index (χ0n) is 22.1. The highest BCUT2D eigenvalue weighted by Gasteiger charge is 2.55. The molecule has 0 bridgehead atoms. The van der Waals surface area contributed by atoms with Gasteiger partial charge in [-0.3, -0.25) is 14.3 Å². The van der Waals surface area contributed by atoms with Crippen LogP contribution in [-0.4, -0.2) is 43.6 Å². The van der Waals surface area contributed by atoms with E-state index in [4.69, 9.17) is 8.85 Å². The lowest BCUT2D eigenvalue weighted by Crippen LogP contribution is -2.52. The summed E-state index contributed by atoms with van der Waals surface area (Å²) in [6, 6.07) is 2.54. The first-order valence-electron chi connectivity index (χ1n) is 11.5. The van der Waals surface area contributed by atoms with Crippen molar-refractivity contribution in [1.29, 1.82) is 5.26 Å². The standard InChI is InChI=1S/C23H41N3O4SSi2/c1-16-13-26(20(28)25-19(16)27)18-12-17(30-33(10,11)22(5,6)7)23(14-24,31-18)15-29-32(8,9)21(2,3)4/h13,17-18H,12,15H2,1-11H3,(H,25,27,28)/t17-,18+,23+/m0/s1. The first-order valence-corrected chi connectivity index (χ1v) is 18.2. The van der Waals surface area contributed by atoms with E-state index in [9.17, 15) is 14.9 Å². The van der Waals surface area contributed by atoms with E-state index in [2.05, 4.69) is 78.8 Å². The van der Waals surface area contributed by atoms with Crippen LogP contribution in [0, 0.1) is 18.3 Å². The molecular weight excluding hydrogens is 471 g/mol. The van der Waals surface area contributed by atoms with Crippen molar-refractivity contribution in [2.75, 3.05) is 6.61 Å². The maximum absolute atomic E-state index is 12.6. The third-order valence-corrected chi connectivity index (χ3v) is 18.2. The molecule has 1 aliphatic rings. The van der Waals surface area contributed by atoms with Gasteiger partial charge < -0.3 is 8.85 Å². The number of hydrogen-bond donors (Lipinski definition) is 1. The minimum atomic E-state index is -2.20. The first kappa shape index (κ1) is 28.1. The highest BCUT2D eigenvalue weighted by molar-refractivity contribution is 8.01. The summed E-state index contributed by atoms with van der Waals surface area (Å²) in [5.41, 5.74) is -0.390. The highest BCUT2D eigenvalue weighted by atomic mass is 32.2. The predicted molar refractivity (Wildman–Crippen MR) is 141 cm³/mol. The van der Waals surface area contributed by atoms with Gasteiger partial charge in [0.25, 0.3) is 5.56 Å². The van der Waals surface area contributed by atoms with E-state index in [1.54, 1.807) is 13.1 Å². The molecule has 1 saturated heterocycles. The van der Waals surface area contributed by atoms with Crippen LogP contribution in [0.5, 0.6) is 0 Å². The molecule has 186 valence electrons. The Hall–Kier alpha value is -1.13. The van der Waals surface area contributed by atoms with Crippen LogP contribution in [0.15, 0.2) is 15.8 Å². The molecule has 10 heteroatoms. The topological polar surface area (TPSA) is 97.1 Å². The molecule has 2 rings (SSSR count). The van der Waals surface area contributed by atoms with Crippen LogP contribution in [0.3, 0.4) is 0 Å². The minimum Gasteiger partial charge on any atom is -0.414 e. The highest BCUT2D eigenvalue weighted by Crippen LogP contribution is 2.53. The Bertz CT molecular complexity index is 1030. The molecule has 1 aliphatic heterocycles. The van der Waals surface area contributed by atoms with Crippen molar-refractivity contribution in [1.82, 2.24) is 9.55 Å². The molecule has 0 amide bonds. The summed E-state index contributed by atoms with van der Waals surface area (Å²) < 4.78 is 13.9. The molecule has 3 atom stereocenters. The molecular formula is C23H41N3O4SSi2. The van der Waals surface area contributed by atoms with Crippen LogP contribution in [-0.2, 0) is 8.85 Å². The SMILES string of the molecule is Cc1cn([C@H]2C[C@H](O[Si](C)(C)C(C)(C)C)[C@@](C#N)(CO[Si](C)(C)C(C)(C)C)S2)c(=O)[nH]c1=O. The maximum atomic E-state index is 12.6. The normalized spacial score (nSPS) is 24.7. The number of aromatic amines is 1. The minimum absolute atomic E-state index is 0.00900. The zero-order valence-corrected chi connectivity index (χ0v) is 24.9. The van der Waals surface area contributed by atoms with E-state index in [0.717, 1.165) is 0 Å². The average molecular weight is 512 g/mol. The molecule has 1 aromatic rings. The molecule has 0 aliphatic carbocycles. The predicted octanol–water partition coefficient (Wildman–Crippen LogP) is 5.16. The molecule has 33 heavy (non-hydrogen) atoms. The third-order valence-electron chi connectivity index (χ3n) is 7.62. The van der Waals surface area contributed by atoms with Crippen molar-refractivity contribution in [3.8, 4) is 6.07 Å². The molecule has 1 N–H and O–H groups in total. The zero-order chi connectivity index (χ0) is 25.6. The molecule has 0 saturated carbocycles. The van der Waals surface area contributed by atoms with Crippen LogP contribution >= 0.6 is 11.8 Å². The van der Waals surface area contributed by atoms with Gasteiger partial charge in [0.05, 0.1) is 24.2 Å². The Morgan fingerprint density at radius 1 is 1.15 bits per heavy atom. The van der Waals surface area contributed by atoms with Gasteiger partial charge in [-0.15, -0.1) is 11.8 Å². The Morgan fingerprint density at radius 2 is 1.70 bits per heavy atom. The van der Waals surface area contributed by atoms with Crippen LogP contribution in [0.4, 0.5) is 0 Å². The summed E-state index contributed by atoms with van der Waals surface area (Å²) in [5.74, 6) is 0. The molecule has 0 spiro atoms. The lowest BCUT2D eigenvalue weighted by Gasteiger charge is -2.43. The number of nitrogens with one attached hydrogen (secondary N) is 1. The molecule has 7 nitrogen and oxygen atoms in total. The second kappa shape index (κ2) is 9.15. The van der Waals surface area contributed by atoms with Crippen LogP contribution in [0.1, 0.15) is 58.9 Å². The maximum Gasteiger partial charge on any atom is 0.329 e. The van der Waals surface area contributed by atoms with Crippen LogP contribution < -0.4 is 11.2 Å². The lowest BCUT2D eigenvalue weighted by atomic mass is 10.0. The van der Waals surface area contributed by atoms with Gasteiger partial charge in [-0.05, 0) is 43.2 Å². The quantitative estimate of drug-likeness (QED) is 0.530. The third kappa shape index (κ3) is 5.76. The number of aryl methyl sites for hydroxylation is 1. The molecule has 0 aromatic carbocycles. The smallest absolute Gasteiger partial charge is 0.329 e. The largest absolute Gasteiger partial charge is 0.414 e. The lowest BCUT2D eigenvalue weighted by molar-refractivity contribution is 0.122. The van der Waals surface area contributed by atoms with Crippen molar-refractivity contribution < 1.29 is 8.85 Å². The van der Waals surface area contributed by atoms with Gasteiger partial charge in [-0.1, -0.05) is 41.5 Å². The van der Waals surface area contributed by atoms with Gasteiger partial charge in [-0.2, -0.15) is 5.26 Å². The average Bonchev–Trinajstić information content (AvgIpc) is 2.99. The summed E-state index contributed by atoms with van der Waals surface area (Å²) in [4.78, 5) is 26.9. The van der Waals surface area contributed by atoms with Gasteiger partial charge >= 0.3 is 5.69 Å². The summed E-state index contributed by atoms with van der Waals surface area (Å²) in [6.07, 6.45) is 1.70. The van der Waals surface area contributed by atoms with E-state index in [0.29, 0.717) is 12.0 Å². The molecule has 1 aromatic heterocycles. The number of thioether (sulfide) groups is 1. The van der Waals surface area contributed by atoms with Crippen molar-refractivity contribution in [3.05, 3.63) is 32.6 Å². The van der Waals surface area contributed by atoms with E-state index in [1.165, 1.54) is 16.3 Å². The van der Waals surface area contributed by atoms with Gasteiger partial charge in [0.15, 0.2) is 21.4 Å². The number of H-pyrrole nitrogens is 1. The molecule has 0 unspecified atom stereocenters. The first-order chi connectivity index (χ1) is 14.8. The molecule has 0 radical (unpaired) electrons. The fourth-order valence-electron chi connectivity index (χ4n) is 3.15. The summed E-state index contributed by atoms with van der Waals surface area (Å²) in [7, 11) is -4.32. The van der Waals surface area contributed by atoms with Gasteiger partial charge in [-0.25, -0.2) is 4.79 Å². The second-order valence-corrected chi connectivity index (χ2v) is 23.3. The number of nitriles is 1. The monoisotopic (exact) mass is 511 g/mol. The Balaban J connectivity index is 2.51. The Labute approximate surface area is 204 Å². The summed E-state index contributed by atoms with van der Waals surface area (Å²) in [6.45, 7) is 23.7. The Kier molecular flexibility index (Phi) is 7.80. The van der Waals surface area contributed by atoms with Crippen molar-refractivity contribution in [3.63, 3.8) is 0 Å². The fourth-order valence-corrected chi connectivity index (χ4v) is 7.22. The van der Waals surface area contributed by atoms with E-state index in [-0.39, 0.29) is 33.7 Å². The summed E-state index contributed by atoms with van der Waals surface area (Å²) in [5, 5.41) is 10.1. The number of rotatable bonds is 6. The van der Waals surface area contributed by atoms with E-state index >= 15 is 0 Å². The van der Waals surface area contributed by atoms with Gasteiger partial charge in [0.2, 0.25) is 0 Å². The second-order valence-electron chi connectivity index (χ2n) is 12.2. The van der Waals surface area contributed by atoms with Gasteiger partial charge in [0, 0.05) is 18.2 Å². The van der Waals surface area contributed by atoms with Crippen molar-refractivity contribution in [2.45, 2.75) is 107 Å². The Morgan fingerprint density at radius 3 is 2.18 bits per heavy atom. The molecule has 2 heterocycles. The van der Waals surface area contributed by atoms with Crippen LogP contribution in [0.25, 0.3) is 0 Å². The number of aromatic nitrogens is 2. The fraction of sp³-hybridized carbons (Fsp3) is 0.783. The molecule has 1 fully saturated rings. The van der Waals surface area contributed by atoms with Gasteiger partial charge in [0.1, 0.15) is 0 Å². The van der Waals surface area contributed by atoms with E-state index < -0.39 is 27.1 Å². The van der Waals surface area contributed by atoms with Crippen molar-refractivity contribution in [2.24, 2.45) is 0 Å². The van der Waals surface area contributed by atoms with Crippen molar-refractivity contribution >= 4 is 28.4 Å². The van der Waals surface area contributed by atoms with E-state index in [1.807, 2.05) is 0 Å². The van der Waals surface area contributed by atoms with Crippen LogP contribution in [0.2, 0.25) is 36.3 Å². The number of nitrogens with zero attached hydrogens (tertiary/aromatic N) is 2.